The topological polar surface area (TPSA) is 0 Å². The van der Waals surface area contributed by atoms with E-state index in [1.807, 2.05) is 0 Å². The maximum absolute atomic E-state index is 5.66. The van der Waals surface area contributed by atoms with Crippen molar-refractivity contribution in [3.63, 3.8) is 0 Å². The SMILES string of the molecule is C#C[C@H](Cl)CCCCC. The lowest BCUT2D eigenvalue weighted by Crippen LogP contribution is -1.92. The smallest absolute Gasteiger partial charge is 0.0940 e. The van der Waals surface area contributed by atoms with E-state index in [1.165, 1.54) is 12.8 Å². The molecule has 0 bridgehead atoms. The lowest BCUT2D eigenvalue weighted by atomic mass is 10.2. The summed E-state index contributed by atoms with van der Waals surface area (Å²) >= 11 is 5.66. The van der Waals surface area contributed by atoms with Crippen LogP contribution in [0.4, 0.5) is 0 Å². The summed E-state index contributed by atoms with van der Waals surface area (Å²) in [6.07, 6.45) is 9.67. The van der Waals surface area contributed by atoms with Crippen LogP contribution in [0.3, 0.4) is 0 Å². The molecule has 0 aromatic heterocycles. The van der Waals surface area contributed by atoms with Gasteiger partial charge >= 0.3 is 0 Å². The standard InChI is InChI=1S/C8H13Cl/c1-3-5-6-7-8(9)4-2/h2,8H,3,5-7H2,1H3/t8-/m0/s1. The van der Waals surface area contributed by atoms with Crippen molar-refractivity contribution in [2.45, 2.75) is 38.0 Å². The van der Waals surface area contributed by atoms with E-state index in [0.717, 1.165) is 12.8 Å². The highest BCUT2D eigenvalue weighted by molar-refractivity contribution is 6.22. The molecule has 1 atom stereocenters. The molecule has 9 heavy (non-hydrogen) atoms. The third kappa shape index (κ3) is 5.73. The van der Waals surface area contributed by atoms with E-state index in [0.29, 0.717) is 0 Å². The zero-order chi connectivity index (χ0) is 7.11. The van der Waals surface area contributed by atoms with Gasteiger partial charge in [0, 0.05) is 0 Å². The molecule has 0 saturated heterocycles. The van der Waals surface area contributed by atoms with E-state index in [9.17, 15) is 0 Å². The Morgan fingerprint density at radius 1 is 1.56 bits per heavy atom. The number of terminal acetylenes is 1. The third-order valence-electron chi connectivity index (χ3n) is 1.24. The summed E-state index contributed by atoms with van der Waals surface area (Å²) < 4.78 is 0. The molecule has 0 spiro atoms. The summed E-state index contributed by atoms with van der Waals surface area (Å²) in [7, 11) is 0. The van der Waals surface area contributed by atoms with Gasteiger partial charge in [-0.1, -0.05) is 32.1 Å². The fourth-order valence-electron chi connectivity index (χ4n) is 0.657. The van der Waals surface area contributed by atoms with Gasteiger partial charge in [-0.25, -0.2) is 0 Å². The molecule has 0 aliphatic carbocycles. The molecule has 0 fully saturated rings. The number of alkyl halides is 1. The van der Waals surface area contributed by atoms with Crippen molar-refractivity contribution in [3.05, 3.63) is 0 Å². The minimum Gasteiger partial charge on any atom is -0.119 e. The van der Waals surface area contributed by atoms with Crippen molar-refractivity contribution in [2.24, 2.45) is 0 Å². The van der Waals surface area contributed by atoms with Gasteiger partial charge in [0.15, 0.2) is 0 Å². The monoisotopic (exact) mass is 144 g/mol. The molecule has 1 heteroatoms. The van der Waals surface area contributed by atoms with Gasteiger partial charge in [-0.05, 0) is 6.42 Å². The molecule has 0 aromatic carbocycles. The van der Waals surface area contributed by atoms with Crippen LogP contribution in [0.25, 0.3) is 0 Å². The van der Waals surface area contributed by atoms with Crippen molar-refractivity contribution in [1.29, 1.82) is 0 Å². The average molecular weight is 145 g/mol. The van der Waals surface area contributed by atoms with E-state index < -0.39 is 0 Å². The van der Waals surface area contributed by atoms with Crippen LogP contribution in [0.1, 0.15) is 32.6 Å². The molecular formula is C8H13Cl. The average Bonchev–Trinajstić information content (AvgIpc) is 1.89. The Morgan fingerprint density at radius 3 is 2.67 bits per heavy atom. The van der Waals surface area contributed by atoms with Crippen LogP contribution >= 0.6 is 11.6 Å². The molecule has 0 unspecified atom stereocenters. The fourth-order valence-corrected chi connectivity index (χ4v) is 0.811. The Morgan fingerprint density at radius 2 is 2.22 bits per heavy atom. The molecule has 0 heterocycles. The zero-order valence-corrected chi connectivity index (χ0v) is 6.62. The second-order valence-corrected chi connectivity index (χ2v) is 2.66. The molecule has 0 aliphatic rings. The van der Waals surface area contributed by atoms with Crippen molar-refractivity contribution in [3.8, 4) is 12.3 Å². The van der Waals surface area contributed by atoms with E-state index >= 15 is 0 Å². The van der Waals surface area contributed by atoms with Gasteiger partial charge in [0.2, 0.25) is 0 Å². The maximum Gasteiger partial charge on any atom is 0.0940 e. The van der Waals surface area contributed by atoms with Crippen molar-refractivity contribution >= 4 is 11.6 Å². The molecule has 0 N–H and O–H groups in total. The van der Waals surface area contributed by atoms with E-state index in [4.69, 9.17) is 18.0 Å². The second-order valence-electron chi connectivity index (χ2n) is 2.13. The first-order valence-corrected chi connectivity index (χ1v) is 3.85. The van der Waals surface area contributed by atoms with Crippen molar-refractivity contribution < 1.29 is 0 Å². The molecule has 0 nitrogen and oxygen atoms in total. The van der Waals surface area contributed by atoms with Gasteiger partial charge in [-0.2, -0.15) is 0 Å². The van der Waals surface area contributed by atoms with E-state index in [-0.39, 0.29) is 5.38 Å². The predicted octanol–water partition coefficient (Wildman–Crippen LogP) is 2.81. The summed E-state index contributed by atoms with van der Waals surface area (Å²) in [5, 5.41) is -0.0449. The van der Waals surface area contributed by atoms with Gasteiger partial charge in [-0.15, -0.1) is 18.0 Å². The van der Waals surface area contributed by atoms with Crippen molar-refractivity contribution in [2.75, 3.05) is 0 Å². The van der Waals surface area contributed by atoms with Gasteiger partial charge in [0.05, 0.1) is 5.38 Å². The zero-order valence-electron chi connectivity index (χ0n) is 5.86. The number of rotatable bonds is 4. The highest BCUT2D eigenvalue weighted by atomic mass is 35.5. The highest BCUT2D eigenvalue weighted by Gasteiger charge is 1.96. The van der Waals surface area contributed by atoms with E-state index in [2.05, 4.69) is 12.8 Å². The molecule has 0 amide bonds. The Bertz CT molecular complexity index is 91.2. The van der Waals surface area contributed by atoms with Gasteiger partial charge < -0.3 is 0 Å². The third-order valence-corrected chi connectivity index (χ3v) is 1.59. The minimum atomic E-state index is -0.0449. The van der Waals surface area contributed by atoms with Gasteiger partial charge in [0.1, 0.15) is 0 Å². The normalized spacial score (nSPS) is 12.6. The minimum absolute atomic E-state index is 0.0449. The van der Waals surface area contributed by atoms with Crippen LogP contribution in [-0.4, -0.2) is 5.38 Å². The summed E-state index contributed by atoms with van der Waals surface area (Å²) in [6, 6.07) is 0. The van der Waals surface area contributed by atoms with Crippen LogP contribution in [-0.2, 0) is 0 Å². The first-order valence-electron chi connectivity index (χ1n) is 3.41. The Kier molecular flexibility index (Phi) is 5.88. The Balaban J connectivity index is 2.99. The molecular weight excluding hydrogens is 132 g/mol. The van der Waals surface area contributed by atoms with Crippen LogP contribution in [0, 0.1) is 12.3 Å². The molecule has 0 rings (SSSR count). The Hall–Kier alpha value is -0.150. The maximum atomic E-state index is 5.66. The lowest BCUT2D eigenvalue weighted by Gasteiger charge is -1.98. The first kappa shape index (κ1) is 8.85. The van der Waals surface area contributed by atoms with E-state index in [1.54, 1.807) is 0 Å². The summed E-state index contributed by atoms with van der Waals surface area (Å²) in [5.74, 6) is 2.49. The molecule has 0 radical (unpaired) electrons. The highest BCUT2D eigenvalue weighted by Crippen LogP contribution is 2.06. The van der Waals surface area contributed by atoms with Crippen LogP contribution in [0.15, 0.2) is 0 Å². The molecule has 0 aliphatic heterocycles. The lowest BCUT2D eigenvalue weighted by molar-refractivity contribution is 0.683. The van der Waals surface area contributed by atoms with Crippen LogP contribution < -0.4 is 0 Å². The number of halogens is 1. The Labute approximate surface area is 62.6 Å². The van der Waals surface area contributed by atoms with Crippen LogP contribution in [0.2, 0.25) is 0 Å². The second kappa shape index (κ2) is 5.98. The van der Waals surface area contributed by atoms with Crippen LogP contribution in [0.5, 0.6) is 0 Å². The van der Waals surface area contributed by atoms with Gasteiger partial charge in [0.25, 0.3) is 0 Å². The number of hydrogen-bond donors (Lipinski definition) is 0. The summed E-state index contributed by atoms with van der Waals surface area (Å²) in [4.78, 5) is 0. The largest absolute Gasteiger partial charge is 0.119 e. The number of unbranched alkanes of at least 4 members (excludes halogenated alkanes) is 2. The summed E-state index contributed by atoms with van der Waals surface area (Å²) in [6.45, 7) is 2.17. The summed E-state index contributed by atoms with van der Waals surface area (Å²) in [5.41, 5.74) is 0. The van der Waals surface area contributed by atoms with Crippen molar-refractivity contribution in [1.82, 2.24) is 0 Å². The molecule has 52 valence electrons. The fraction of sp³-hybridized carbons (Fsp3) is 0.750. The number of hydrogen-bond acceptors (Lipinski definition) is 0. The predicted molar refractivity (Wildman–Crippen MR) is 42.6 cm³/mol. The van der Waals surface area contributed by atoms with Gasteiger partial charge in [-0.3, -0.25) is 0 Å². The quantitative estimate of drug-likeness (QED) is 0.323. The molecule has 0 saturated carbocycles. The first-order chi connectivity index (χ1) is 4.31. The molecule has 0 aromatic rings.